The monoisotopic (exact) mass is 249 g/mol. The number of hydrogen-bond donors (Lipinski definition) is 2. The normalized spacial score (nSPS) is 28.1. The maximum atomic E-state index is 9.41. The Balaban J connectivity index is 1.71. The molecule has 3 heterocycles. The zero-order valence-electron chi connectivity index (χ0n) is 10.9. The molecular formula is C14H23N3O. The highest BCUT2D eigenvalue weighted by Crippen LogP contribution is 2.25. The topological polar surface area (TPSA) is 50.1 Å². The molecule has 18 heavy (non-hydrogen) atoms. The predicted molar refractivity (Wildman–Crippen MR) is 70.6 cm³/mol. The Bertz CT molecular complexity index is 396. The Labute approximate surface area is 108 Å². The lowest BCUT2D eigenvalue weighted by Gasteiger charge is -2.23. The van der Waals surface area contributed by atoms with Crippen LogP contribution < -0.4 is 5.32 Å². The Morgan fingerprint density at radius 2 is 2.33 bits per heavy atom. The second-order valence-corrected chi connectivity index (χ2v) is 5.70. The van der Waals surface area contributed by atoms with Gasteiger partial charge in [-0.3, -0.25) is 0 Å². The van der Waals surface area contributed by atoms with Crippen molar-refractivity contribution < 1.29 is 5.11 Å². The fourth-order valence-corrected chi connectivity index (χ4v) is 3.30. The molecule has 1 saturated heterocycles. The van der Waals surface area contributed by atoms with Gasteiger partial charge in [0.2, 0.25) is 0 Å². The first-order chi connectivity index (χ1) is 8.86. The first-order valence-corrected chi connectivity index (χ1v) is 7.25. The molecule has 2 aliphatic heterocycles. The maximum Gasteiger partial charge on any atom is 0.109 e. The molecule has 2 atom stereocenters. The summed E-state index contributed by atoms with van der Waals surface area (Å²) in [5, 5.41) is 12.9. The lowest BCUT2D eigenvalue weighted by Crippen LogP contribution is -2.30. The lowest BCUT2D eigenvalue weighted by atomic mass is 9.95. The molecule has 0 bridgehead atoms. The maximum absolute atomic E-state index is 9.41. The third-order valence-electron chi connectivity index (χ3n) is 4.30. The van der Waals surface area contributed by atoms with Gasteiger partial charge >= 0.3 is 0 Å². The Hall–Kier alpha value is -0.870. The zero-order valence-corrected chi connectivity index (χ0v) is 10.9. The van der Waals surface area contributed by atoms with E-state index in [-0.39, 0.29) is 12.6 Å². The van der Waals surface area contributed by atoms with Crippen LogP contribution in [0.1, 0.15) is 43.2 Å². The number of rotatable bonds is 3. The number of imidazole rings is 1. The van der Waals surface area contributed by atoms with Crippen LogP contribution in [-0.4, -0.2) is 34.4 Å². The van der Waals surface area contributed by atoms with Crippen LogP contribution in [0.2, 0.25) is 0 Å². The number of nitrogens with zero attached hydrogens (tertiary/aromatic N) is 2. The Morgan fingerprint density at radius 3 is 3.11 bits per heavy atom. The number of aliphatic hydroxyl groups excluding tert-OH is 1. The first-order valence-electron chi connectivity index (χ1n) is 7.25. The van der Waals surface area contributed by atoms with Gasteiger partial charge in [-0.25, -0.2) is 4.98 Å². The highest BCUT2D eigenvalue weighted by Gasteiger charge is 2.22. The molecule has 2 N–H and O–H groups in total. The lowest BCUT2D eigenvalue weighted by molar-refractivity contribution is 0.206. The SMILES string of the molecule is OCC1CCCc2nc(CC3CCCNC3)cn21. The van der Waals surface area contributed by atoms with E-state index >= 15 is 0 Å². The van der Waals surface area contributed by atoms with E-state index in [1.165, 1.54) is 30.9 Å². The molecule has 3 rings (SSSR count). The van der Waals surface area contributed by atoms with Crippen molar-refractivity contribution in [1.82, 2.24) is 14.9 Å². The largest absolute Gasteiger partial charge is 0.394 e. The van der Waals surface area contributed by atoms with Crippen LogP contribution in [0.15, 0.2) is 6.20 Å². The van der Waals surface area contributed by atoms with Gasteiger partial charge in [-0.1, -0.05) is 0 Å². The van der Waals surface area contributed by atoms with Gasteiger partial charge in [-0.15, -0.1) is 0 Å². The fraction of sp³-hybridized carbons (Fsp3) is 0.786. The van der Waals surface area contributed by atoms with Gasteiger partial charge in [0.25, 0.3) is 0 Å². The van der Waals surface area contributed by atoms with Crippen molar-refractivity contribution in [3.63, 3.8) is 0 Å². The number of nitrogens with one attached hydrogen (secondary N) is 1. The minimum absolute atomic E-state index is 0.244. The molecular weight excluding hydrogens is 226 g/mol. The number of aryl methyl sites for hydroxylation is 1. The van der Waals surface area contributed by atoms with Crippen LogP contribution in [-0.2, 0) is 12.8 Å². The van der Waals surface area contributed by atoms with E-state index < -0.39 is 0 Å². The van der Waals surface area contributed by atoms with E-state index in [0.717, 1.165) is 38.1 Å². The quantitative estimate of drug-likeness (QED) is 0.849. The molecule has 2 unspecified atom stereocenters. The van der Waals surface area contributed by atoms with Crippen molar-refractivity contribution in [2.75, 3.05) is 19.7 Å². The summed E-state index contributed by atoms with van der Waals surface area (Å²) in [6, 6.07) is 0.263. The summed E-state index contributed by atoms with van der Waals surface area (Å²) in [6.07, 6.45) is 9.20. The summed E-state index contributed by atoms with van der Waals surface area (Å²) in [7, 11) is 0. The molecule has 0 saturated carbocycles. The zero-order chi connectivity index (χ0) is 12.4. The summed E-state index contributed by atoms with van der Waals surface area (Å²) in [4.78, 5) is 4.77. The molecule has 4 nitrogen and oxygen atoms in total. The van der Waals surface area contributed by atoms with E-state index in [2.05, 4.69) is 16.1 Å². The van der Waals surface area contributed by atoms with Gasteiger partial charge in [0, 0.05) is 12.6 Å². The van der Waals surface area contributed by atoms with Gasteiger partial charge in [0.1, 0.15) is 5.82 Å². The van der Waals surface area contributed by atoms with Crippen molar-refractivity contribution in [3.05, 3.63) is 17.7 Å². The number of aliphatic hydroxyl groups is 1. The number of aromatic nitrogens is 2. The highest BCUT2D eigenvalue weighted by atomic mass is 16.3. The van der Waals surface area contributed by atoms with Crippen LogP contribution in [0.25, 0.3) is 0 Å². The van der Waals surface area contributed by atoms with Crippen molar-refractivity contribution in [1.29, 1.82) is 0 Å². The minimum atomic E-state index is 0.244. The Kier molecular flexibility index (Phi) is 3.66. The van der Waals surface area contributed by atoms with Crippen LogP contribution in [0, 0.1) is 5.92 Å². The molecule has 0 aliphatic carbocycles. The third kappa shape index (κ3) is 2.45. The summed E-state index contributed by atoms with van der Waals surface area (Å²) in [6.45, 7) is 2.54. The number of fused-ring (bicyclic) bond motifs is 1. The van der Waals surface area contributed by atoms with E-state index in [0.29, 0.717) is 0 Å². The smallest absolute Gasteiger partial charge is 0.109 e. The number of piperidine rings is 1. The molecule has 1 aromatic rings. The van der Waals surface area contributed by atoms with Crippen molar-refractivity contribution in [3.8, 4) is 0 Å². The van der Waals surface area contributed by atoms with Gasteiger partial charge in [0.05, 0.1) is 18.3 Å². The van der Waals surface area contributed by atoms with E-state index in [9.17, 15) is 5.11 Å². The predicted octanol–water partition coefficient (Wildman–Crippen LogP) is 1.29. The van der Waals surface area contributed by atoms with Crippen LogP contribution in [0.3, 0.4) is 0 Å². The molecule has 100 valence electrons. The van der Waals surface area contributed by atoms with Gasteiger partial charge < -0.3 is 15.0 Å². The molecule has 2 aliphatic rings. The molecule has 1 aromatic heterocycles. The van der Waals surface area contributed by atoms with Crippen LogP contribution >= 0.6 is 0 Å². The average Bonchev–Trinajstić information content (AvgIpc) is 2.82. The average molecular weight is 249 g/mol. The standard InChI is InChI=1S/C14H23N3O/c18-10-13-4-1-5-14-16-12(9-17(13)14)7-11-3-2-6-15-8-11/h9,11,13,15,18H,1-8,10H2. The van der Waals surface area contributed by atoms with E-state index in [1.54, 1.807) is 0 Å². The van der Waals surface area contributed by atoms with Gasteiger partial charge in [0.15, 0.2) is 0 Å². The van der Waals surface area contributed by atoms with Crippen molar-refractivity contribution >= 4 is 0 Å². The number of hydrogen-bond acceptors (Lipinski definition) is 3. The van der Waals surface area contributed by atoms with Crippen molar-refractivity contribution in [2.24, 2.45) is 5.92 Å². The van der Waals surface area contributed by atoms with Crippen LogP contribution in [0.4, 0.5) is 0 Å². The van der Waals surface area contributed by atoms with Crippen molar-refractivity contribution in [2.45, 2.75) is 44.6 Å². The summed E-state index contributed by atoms with van der Waals surface area (Å²) in [5.74, 6) is 1.92. The third-order valence-corrected chi connectivity index (χ3v) is 4.30. The van der Waals surface area contributed by atoms with E-state index in [4.69, 9.17) is 4.98 Å². The molecule has 0 radical (unpaired) electrons. The summed E-state index contributed by atoms with van der Waals surface area (Å²) in [5.41, 5.74) is 1.22. The molecule has 0 aromatic carbocycles. The summed E-state index contributed by atoms with van der Waals surface area (Å²) < 4.78 is 2.22. The summed E-state index contributed by atoms with van der Waals surface area (Å²) >= 11 is 0. The van der Waals surface area contributed by atoms with E-state index in [1.807, 2.05) is 0 Å². The first kappa shape index (κ1) is 12.2. The molecule has 4 heteroatoms. The van der Waals surface area contributed by atoms with Crippen LogP contribution in [0.5, 0.6) is 0 Å². The highest BCUT2D eigenvalue weighted by molar-refractivity contribution is 5.09. The second kappa shape index (κ2) is 5.41. The Morgan fingerprint density at radius 1 is 1.39 bits per heavy atom. The van der Waals surface area contributed by atoms with Gasteiger partial charge in [-0.05, 0) is 51.1 Å². The molecule has 0 amide bonds. The fourth-order valence-electron chi connectivity index (χ4n) is 3.30. The second-order valence-electron chi connectivity index (χ2n) is 5.70. The minimum Gasteiger partial charge on any atom is -0.394 e. The van der Waals surface area contributed by atoms with Gasteiger partial charge in [-0.2, -0.15) is 0 Å². The molecule has 0 spiro atoms. The molecule has 1 fully saturated rings.